The van der Waals surface area contributed by atoms with Gasteiger partial charge < -0.3 is 15.6 Å². The normalized spacial score (nSPS) is 10.3. The van der Waals surface area contributed by atoms with Crippen LogP contribution in [0.15, 0.2) is 40.9 Å². The number of aromatic carboxylic acids is 1. The number of hydrogen-bond donors (Lipinski definition) is 2. The van der Waals surface area contributed by atoms with Gasteiger partial charge in [0, 0.05) is 21.8 Å². The number of hydrogen-bond acceptors (Lipinski definition) is 3. The van der Waals surface area contributed by atoms with Crippen molar-refractivity contribution < 1.29 is 19.0 Å². The Kier molecular flexibility index (Phi) is 4.24. The van der Waals surface area contributed by atoms with Crippen LogP contribution in [0, 0.1) is 5.82 Å². The fourth-order valence-electron chi connectivity index (χ4n) is 1.64. The van der Waals surface area contributed by atoms with Crippen LogP contribution in [0.2, 0.25) is 0 Å². The van der Waals surface area contributed by atoms with E-state index in [1.54, 1.807) is 0 Å². The number of carbonyl (C=O) groups is 1. The number of nitrogen functional groups attached to an aromatic ring is 1. The molecule has 2 aromatic rings. The van der Waals surface area contributed by atoms with Gasteiger partial charge in [-0.2, -0.15) is 0 Å². The third kappa shape index (κ3) is 3.08. The van der Waals surface area contributed by atoms with Gasteiger partial charge in [0.1, 0.15) is 6.61 Å². The lowest BCUT2D eigenvalue weighted by Crippen LogP contribution is -2.05. The van der Waals surface area contributed by atoms with E-state index in [0.717, 1.165) is 22.2 Å². The number of anilines is 1. The third-order valence-electron chi connectivity index (χ3n) is 2.68. The number of benzene rings is 2. The van der Waals surface area contributed by atoms with Crippen LogP contribution in [0.1, 0.15) is 15.9 Å². The van der Waals surface area contributed by atoms with Crippen molar-refractivity contribution in [3.05, 3.63) is 57.8 Å². The molecule has 0 aliphatic carbocycles. The molecule has 0 spiro atoms. The molecule has 0 amide bonds. The van der Waals surface area contributed by atoms with Gasteiger partial charge in [0.25, 0.3) is 0 Å². The molecule has 0 aliphatic heterocycles. The summed E-state index contributed by atoms with van der Waals surface area (Å²) in [6.45, 7) is 0.112. The molecular weight excluding hydrogens is 329 g/mol. The lowest BCUT2D eigenvalue weighted by atomic mass is 10.1. The minimum absolute atomic E-state index is 0.112. The molecule has 0 heterocycles. The maximum absolute atomic E-state index is 13.7. The smallest absolute Gasteiger partial charge is 0.337 e. The zero-order valence-electron chi connectivity index (χ0n) is 10.3. The average Bonchev–Trinajstić information content (AvgIpc) is 2.39. The molecule has 20 heavy (non-hydrogen) atoms. The van der Waals surface area contributed by atoms with Crippen molar-refractivity contribution in [2.75, 3.05) is 5.73 Å². The number of halogens is 2. The van der Waals surface area contributed by atoms with Crippen molar-refractivity contribution in [3.8, 4) is 5.75 Å². The molecule has 0 unspecified atom stereocenters. The van der Waals surface area contributed by atoms with Crippen LogP contribution in [0.3, 0.4) is 0 Å². The molecule has 0 aromatic heterocycles. The predicted molar refractivity (Wildman–Crippen MR) is 76.2 cm³/mol. The van der Waals surface area contributed by atoms with Crippen LogP contribution in [0.4, 0.5) is 10.1 Å². The maximum Gasteiger partial charge on any atom is 0.337 e. The molecule has 0 saturated carbocycles. The highest BCUT2D eigenvalue weighted by Crippen LogP contribution is 2.26. The molecule has 0 radical (unpaired) electrons. The fourth-order valence-corrected chi connectivity index (χ4v) is 2.03. The van der Waals surface area contributed by atoms with Crippen LogP contribution in [-0.2, 0) is 6.61 Å². The summed E-state index contributed by atoms with van der Waals surface area (Å²) in [6, 6.07) is 9.35. The lowest BCUT2D eigenvalue weighted by molar-refractivity contribution is 0.0697. The molecule has 2 rings (SSSR count). The highest BCUT2D eigenvalue weighted by Gasteiger charge is 2.14. The summed E-state index contributed by atoms with van der Waals surface area (Å²) in [4.78, 5) is 10.9. The SMILES string of the molecule is Nc1cc(F)c(OCc2ccccc2Br)cc1C(=O)O. The minimum atomic E-state index is -1.23. The topological polar surface area (TPSA) is 72.5 Å². The Hall–Kier alpha value is -2.08. The minimum Gasteiger partial charge on any atom is -0.486 e. The van der Waals surface area contributed by atoms with Crippen LogP contribution >= 0.6 is 15.9 Å². The highest BCUT2D eigenvalue weighted by atomic mass is 79.9. The first-order valence-corrected chi connectivity index (χ1v) is 6.47. The summed E-state index contributed by atoms with van der Waals surface area (Å²) in [6.07, 6.45) is 0. The van der Waals surface area contributed by atoms with Gasteiger partial charge in [0.15, 0.2) is 11.6 Å². The molecule has 6 heteroatoms. The molecule has 0 saturated heterocycles. The van der Waals surface area contributed by atoms with E-state index in [0.29, 0.717) is 0 Å². The summed E-state index contributed by atoms with van der Waals surface area (Å²) >= 11 is 3.35. The summed E-state index contributed by atoms with van der Waals surface area (Å²) < 4.78 is 19.8. The van der Waals surface area contributed by atoms with Gasteiger partial charge in [0.2, 0.25) is 0 Å². The molecule has 0 fully saturated rings. The monoisotopic (exact) mass is 339 g/mol. The largest absolute Gasteiger partial charge is 0.486 e. The zero-order chi connectivity index (χ0) is 14.7. The molecular formula is C14H11BrFNO3. The van der Waals surface area contributed by atoms with Crippen molar-refractivity contribution in [2.24, 2.45) is 0 Å². The van der Waals surface area contributed by atoms with E-state index in [4.69, 9.17) is 15.6 Å². The van der Waals surface area contributed by atoms with Crippen LogP contribution < -0.4 is 10.5 Å². The second-order valence-electron chi connectivity index (χ2n) is 4.06. The first kappa shape index (κ1) is 14.3. The second kappa shape index (κ2) is 5.92. The summed E-state index contributed by atoms with van der Waals surface area (Å²) in [7, 11) is 0. The number of rotatable bonds is 4. The Morgan fingerprint density at radius 3 is 2.70 bits per heavy atom. The fraction of sp³-hybridized carbons (Fsp3) is 0.0714. The number of carboxylic acid groups (broad SMARTS) is 1. The first-order valence-electron chi connectivity index (χ1n) is 5.67. The van der Waals surface area contributed by atoms with Gasteiger partial charge >= 0.3 is 5.97 Å². The van der Waals surface area contributed by atoms with Crippen molar-refractivity contribution in [1.29, 1.82) is 0 Å². The van der Waals surface area contributed by atoms with E-state index in [1.807, 2.05) is 24.3 Å². The Morgan fingerprint density at radius 1 is 1.35 bits per heavy atom. The zero-order valence-corrected chi connectivity index (χ0v) is 11.9. The Bertz CT molecular complexity index is 661. The molecule has 0 bridgehead atoms. The number of carboxylic acids is 1. The van der Waals surface area contributed by atoms with Gasteiger partial charge in [-0.3, -0.25) is 0 Å². The van der Waals surface area contributed by atoms with Gasteiger partial charge in [0.05, 0.1) is 5.56 Å². The van der Waals surface area contributed by atoms with Crippen molar-refractivity contribution in [2.45, 2.75) is 6.61 Å². The van der Waals surface area contributed by atoms with Gasteiger partial charge in [-0.05, 0) is 12.1 Å². The van der Waals surface area contributed by atoms with E-state index in [9.17, 15) is 9.18 Å². The van der Waals surface area contributed by atoms with Crippen molar-refractivity contribution in [3.63, 3.8) is 0 Å². The molecule has 4 nitrogen and oxygen atoms in total. The summed E-state index contributed by atoms with van der Waals surface area (Å²) in [5.74, 6) is -2.07. The second-order valence-corrected chi connectivity index (χ2v) is 4.91. The maximum atomic E-state index is 13.7. The van der Waals surface area contributed by atoms with E-state index in [-0.39, 0.29) is 23.6 Å². The Balaban J connectivity index is 2.24. The van der Waals surface area contributed by atoms with E-state index in [2.05, 4.69) is 15.9 Å². The highest BCUT2D eigenvalue weighted by molar-refractivity contribution is 9.10. The number of ether oxygens (including phenoxy) is 1. The van der Waals surface area contributed by atoms with Crippen LogP contribution in [0.25, 0.3) is 0 Å². The van der Waals surface area contributed by atoms with Crippen molar-refractivity contribution in [1.82, 2.24) is 0 Å². The third-order valence-corrected chi connectivity index (χ3v) is 3.45. The predicted octanol–water partition coefficient (Wildman–Crippen LogP) is 3.45. The standard InChI is InChI=1S/C14H11BrFNO3/c15-10-4-2-1-3-8(10)7-20-13-5-9(14(18)19)12(17)6-11(13)16/h1-6H,7,17H2,(H,18,19). The Labute approximate surface area is 123 Å². The quantitative estimate of drug-likeness (QED) is 0.837. The van der Waals surface area contributed by atoms with Gasteiger partial charge in [-0.25, -0.2) is 9.18 Å². The molecule has 3 N–H and O–H groups in total. The van der Waals surface area contributed by atoms with Gasteiger partial charge in [-0.15, -0.1) is 0 Å². The summed E-state index contributed by atoms with van der Waals surface area (Å²) in [5, 5.41) is 8.94. The van der Waals surface area contributed by atoms with Crippen molar-refractivity contribution >= 4 is 27.6 Å². The average molecular weight is 340 g/mol. The number of nitrogens with two attached hydrogens (primary N) is 1. The molecule has 0 aliphatic rings. The van der Waals surface area contributed by atoms with E-state index >= 15 is 0 Å². The van der Waals surface area contributed by atoms with E-state index < -0.39 is 11.8 Å². The lowest BCUT2D eigenvalue weighted by Gasteiger charge is -2.10. The Morgan fingerprint density at radius 2 is 2.05 bits per heavy atom. The molecule has 0 atom stereocenters. The van der Waals surface area contributed by atoms with E-state index in [1.165, 1.54) is 0 Å². The first-order chi connectivity index (χ1) is 9.49. The van der Waals surface area contributed by atoms with Gasteiger partial charge in [-0.1, -0.05) is 34.1 Å². The van der Waals surface area contributed by atoms with Crippen LogP contribution in [-0.4, -0.2) is 11.1 Å². The summed E-state index contributed by atoms with van der Waals surface area (Å²) in [5.41, 5.74) is 5.94. The molecule has 2 aromatic carbocycles. The van der Waals surface area contributed by atoms with Crippen LogP contribution in [0.5, 0.6) is 5.75 Å². The molecule has 104 valence electrons.